The Morgan fingerprint density at radius 1 is 0.426 bits per heavy atom. The SMILES string of the molecule is CC1(c2ccccc2)c2ccccc2-c2c(N(c3ccc(-c4ccc5ccccc5c4)cc3)c3cccc4ccccc34)cccc21. The quantitative estimate of drug-likeness (QED) is 0.190. The molecule has 0 fully saturated rings. The van der Waals surface area contributed by atoms with E-state index < -0.39 is 0 Å². The van der Waals surface area contributed by atoms with Crippen molar-refractivity contribution in [2.24, 2.45) is 0 Å². The normalized spacial score (nSPS) is 15.0. The second kappa shape index (κ2) is 10.9. The van der Waals surface area contributed by atoms with E-state index in [9.17, 15) is 0 Å². The van der Waals surface area contributed by atoms with Crippen molar-refractivity contribution in [1.82, 2.24) is 0 Å². The van der Waals surface area contributed by atoms with E-state index in [0.29, 0.717) is 0 Å². The first-order valence-electron chi connectivity index (χ1n) is 16.4. The summed E-state index contributed by atoms with van der Waals surface area (Å²) in [5.41, 5.74) is 12.2. The van der Waals surface area contributed by atoms with Crippen molar-refractivity contribution in [2.45, 2.75) is 12.3 Å². The first-order valence-corrected chi connectivity index (χ1v) is 16.4. The van der Waals surface area contributed by atoms with Crippen LogP contribution >= 0.6 is 0 Å². The Balaban J connectivity index is 1.27. The van der Waals surface area contributed by atoms with Crippen molar-refractivity contribution in [3.8, 4) is 22.3 Å². The van der Waals surface area contributed by atoms with Crippen molar-refractivity contribution in [3.63, 3.8) is 0 Å². The summed E-state index contributed by atoms with van der Waals surface area (Å²) < 4.78 is 0. The molecule has 1 unspecified atom stereocenters. The van der Waals surface area contributed by atoms with E-state index in [1.807, 2.05) is 0 Å². The highest BCUT2D eigenvalue weighted by molar-refractivity contribution is 6.03. The van der Waals surface area contributed by atoms with Crippen molar-refractivity contribution in [3.05, 3.63) is 199 Å². The fraction of sp³-hybridized carbons (Fsp3) is 0.0435. The van der Waals surface area contributed by atoms with Gasteiger partial charge in [0.1, 0.15) is 0 Å². The van der Waals surface area contributed by atoms with Gasteiger partial charge in [0, 0.05) is 22.1 Å². The largest absolute Gasteiger partial charge is 0.309 e. The number of nitrogens with zero attached hydrogens (tertiary/aromatic N) is 1. The van der Waals surface area contributed by atoms with Crippen molar-refractivity contribution < 1.29 is 0 Å². The molecule has 0 spiro atoms. The first-order chi connectivity index (χ1) is 23.2. The number of anilines is 3. The Hall–Kier alpha value is -5.92. The fourth-order valence-electron chi connectivity index (χ4n) is 7.77. The molecule has 1 heteroatoms. The lowest BCUT2D eigenvalue weighted by Crippen LogP contribution is -2.22. The minimum atomic E-state index is -0.270. The van der Waals surface area contributed by atoms with E-state index in [4.69, 9.17) is 0 Å². The van der Waals surface area contributed by atoms with Gasteiger partial charge in [0.05, 0.1) is 11.4 Å². The Morgan fingerprint density at radius 3 is 1.89 bits per heavy atom. The standard InChI is InChI=1S/C46H33N/c1-46(37-17-3-2-4-18-37)41-21-10-9-20-40(41)45-42(46)22-12-24-44(45)47(43-23-11-16-34-14-7-8-19-39(34)43)38-29-27-33(28-30-38)36-26-25-32-13-5-6-15-35(32)31-36/h2-31H,1H3. The molecule has 9 rings (SSSR count). The van der Waals surface area contributed by atoms with E-state index in [-0.39, 0.29) is 5.41 Å². The highest BCUT2D eigenvalue weighted by Gasteiger charge is 2.42. The molecule has 0 aliphatic heterocycles. The summed E-state index contributed by atoms with van der Waals surface area (Å²) in [6.07, 6.45) is 0. The van der Waals surface area contributed by atoms with E-state index in [0.717, 1.165) is 5.69 Å². The van der Waals surface area contributed by atoms with Crippen LogP contribution in [0.4, 0.5) is 17.1 Å². The third-order valence-electron chi connectivity index (χ3n) is 10.1. The Labute approximate surface area is 276 Å². The molecule has 1 aliphatic carbocycles. The van der Waals surface area contributed by atoms with E-state index >= 15 is 0 Å². The van der Waals surface area contributed by atoms with Crippen molar-refractivity contribution in [2.75, 3.05) is 4.90 Å². The Bertz CT molecular complexity index is 2420. The molecule has 47 heavy (non-hydrogen) atoms. The number of hydrogen-bond donors (Lipinski definition) is 0. The number of benzene rings is 8. The summed E-state index contributed by atoms with van der Waals surface area (Å²) in [6.45, 7) is 2.39. The van der Waals surface area contributed by atoms with Gasteiger partial charge in [-0.3, -0.25) is 0 Å². The summed E-state index contributed by atoms with van der Waals surface area (Å²) >= 11 is 0. The predicted octanol–water partition coefficient (Wildman–Crippen LogP) is 12.5. The Morgan fingerprint density at radius 2 is 1.04 bits per heavy atom. The molecule has 0 aromatic heterocycles. The summed E-state index contributed by atoms with van der Waals surface area (Å²) in [6, 6.07) is 66.5. The van der Waals surface area contributed by atoms with Crippen LogP contribution in [0.3, 0.4) is 0 Å². The van der Waals surface area contributed by atoms with Crippen LogP contribution in [0, 0.1) is 0 Å². The van der Waals surface area contributed by atoms with Crippen LogP contribution in [0.2, 0.25) is 0 Å². The molecule has 0 saturated carbocycles. The third-order valence-corrected chi connectivity index (χ3v) is 10.1. The molecule has 8 aromatic carbocycles. The van der Waals surface area contributed by atoms with Crippen LogP contribution in [0.1, 0.15) is 23.6 Å². The molecular formula is C46H33N. The molecule has 0 N–H and O–H groups in total. The predicted molar refractivity (Wildman–Crippen MR) is 199 cm³/mol. The average molecular weight is 600 g/mol. The fourth-order valence-corrected chi connectivity index (χ4v) is 7.77. The zero-order valence-corrected chi connectivity index (χ0v) is 26.3. The maximum Gasteiger partial charge on any atom is 0.0543 e. The van der Waals surface area contributed by atoms with Crippen LogP contribution in [0.15, 0.2) is 182 Å². The number of rotatable bonds is 5. The minimum absolute atomic E-state index is 0.270. The molecule has 0 saturated heterocycles. The van der Waals surface area contributed by atoms with Gasteiger partial charge in [-0.1, -0.05) is 152 Å². The van der Waals surface area contributed by atoms with Gasteiger partial charge >= 0.3 is 0 Å². The lowest BCUT2D eigenvalue weighted by Gasteiger charge is -2.31. The van der Waals surface area contributed by atoms with Crippen LogP contribution in [0.5, 0.6) is 0 Å². The highest BCUT2D eigenvalue weighted by atomic mass is 15.1. The maximum absolute atomic E-state index is 2.47. The lowest BCUT2D eigenvalue weighted by atomic mass is 9.74. The molecule has 8 aromatic rings. The average Bonchev–Trinajstić information content (AvgIpc) is 3.42. The molecule has 1 atom stereocenters. The first kappa shape index (κ1) is 27.4. The van der Waals surface area contributed by atoms with Gasteiger partial charge in [0.25, 0.3) is 0 Å². The van der Waals surface area contributed by atoms with E-state index in [2.05, 4.69) is 194 Å². The molecule has 1 aliphatic rings. The molecule has 0 amide bonds. The summed E-state index contributed by atoms with van der Waals surface area (Å²) in [5.74, 6) is 0. The molecule has 0 heterocycles. The van der Waals surface area contributed by atoms with Gasteiger partial charge in [0.2, 0.25) is 0 Å². The smallest absolute Gasteiger partial charge is 0.0543 e. The molecule has 0 radical (unpaired) electrons. The van der Waals surface area contributed by atoms with Gasteiger partial charge in [-0.25, -0.2) is 0 Å². The zero-order valence-electron chi connectivity index (χ0n) is 26.3. The second-order valence-corrected chi connectivity index (χ2v) is 12.7. The number of fused-ring (bicyclic) bond motifs is 5. The van der Waals surface area contributed by atoms with Crippen LogP contribution in [0.25, 0.3) is 43.8 Å². The van der Waals surface area contributed by atoms with E-state index in [1.165, 1.54) is 71.9 Å². The third kappa shape index (κ3) is 4.31. The topological polar surface area (TPSA) is 3.24 Å². The molecule has 0 bridgehead atoms. The zero-order chi connectivity index (χ0) is 31.4. The van der Waals surface area contributed by atoms with Gasteiger partial charge in [-0.05, 0) is 86.8 Å². The van der Waals surface area contributed by atoms with Crippen LogP contribution < -0.4 is 4.90 Å². The lowest BCUT2D eigenvalue weighted by molar-refractivity contribution is 0.714. The summed E-state index contributed by atoms with van der Waals surface area (Å²) in [7, 11) is 0. The second-order valence-electron chi connectivity index (χ2n) is 12.7. The van der Waals surface area contributed by atoms with Gasteiger partial charge in [0.15, 0.2) is 0 Å². The molecule has 1 nitrogen and oxygen atoms in total. The summed E-state index contributed by atoms with van der Waals surface area (Å²) in [5, 5.41) is 4.97. The van der Waals surface area contributed by atoms with Gasteiger partial charge in [-0.15, -0.1) is 0 Å². The monoisotopic (exact) mass is 599 g/mol. The molecule has 222 valence electrons. The van der Waals surface area contributed by atoms with Crippen molar-refractivity contribution >= 4 is 38.6 Å². The van der Waals surface area contributed by atoms with Crippen LogP contribution in [-0.4, -0.2) is 0 Å². The highest BCUT2D eigenvalue weighted by Crippen LogP contribution is 2.57. The van der Waals surface area contributed by atoms with E-state index in [1.54, 1.807) is 0 Å². The van der Waals surface area contributed by atoms with Gasteiger partial charge in [-0.2, -0.15) is 0 Å². The molecular weight excluding hydrogens is 567 g/mol. The summed E-state index contributed by atoms with van der Waals surface area (Å²) in [4.78, 5) is 2.47. The maximum atomic E-state index is 2.47. The van der Waals surface area contributed by atoms with Gasteiger partial charge < -0.3 is 4.90 Å². The van der Waals surface area contributed by atoms with Crippen LogP contribution in [-0.2, 0) is 5.41 Å². The minimum Gasteiger partial charge on any atom is -0.309 e. The Kier molecular flexibility index (Phi) is 6.33. The number of hydrogen-bond acceptors (Lipinski definition) is 1. The van der Waals surface area contributed by atoms with Crippen molar-refractivity contribution in [1.29, 1.82) is 0 Å².